The van der Waals surface area contributed by atoms with Gasteiger partial charge in [-0.15, -0.1) is 0 Å². The van der Waals surface area contributed by atoms with Gasteiger partial charge in [0, 0.05) is 0 Å². The van der Waals surface area contributed by atoms with Gasteiger partial charge < -0.3 is 14.5 Å². The Morgan fingerprint density at radius 2 is 2.04 bits per heavy atom. The average Bonchev–Trinajstić information content (AvgIpc) is 3.01. The molecule has 0 aliphatic carbocycles. The number of benzene rings is 1. The van der Waals surface area contributed by atoms with Crippen molar-refractivity contribution in [2.24, 2.45) is 0 Å². The zero-order valence-corrected chi connectivity index (χ0v) is 13.9. The molecule has 5 nitrogen and oxygen atoms in total. The quantitative estimate of drug-likeness (QED) is 0.806. The summed E-state index contributed by atoms with van der Waals surface area (Å²) in [5, 5.41) is 3.40. The van der Waals surface area contributed by atoms with Crippen LogP contribution in [0.3, 0.4) is 0 Å². The minimum Gasteiger partial charge on any atom is -0.467 e. The number of carbonyl (C=O) groups is 2. The van der Waals surface area contributed by atoms with Gasteiger partial charge in [-0.3, -0.25) is 9.59 Å². The third kappa shape index (κ3) is 5.30. The number of ether oxygens (including phenoxy) is 1. The van der Waals surface area contributed by atoms with Gasteiger partial charge in [0.15, 0.2) is 6.10 Å². The Kier molecular flexibility index (Phi) is 6.07. The summed E-state index contributed by atoms with van der Waals surface area (Å²) in [6.07, 6.45) is 0.620. The van der Waals surface area contributed by atoms with Crippen molar-refractivity contribution in [1.29, 1.82) is 0 Å². The van der Waals surface area contributed by atoms with Crippen molar-refractivity contribution in [2.45, 2.75) is 26.0 Å². The van der Waals surface area contributed by atoms with Crippen LogP contribution >= 0.6 is 23.2 Å². The van der Waals surface area contributed by atoms with Crippen LogP contribution in [0.15, 0.2) is 41.0 Å². The molecule has 0 unspecified atom stereocenters. The minimum absolute atomic E-state index is 0.00664. The second-order valence-electron chi connectivity index (χ2n) is 4.85. The number of carbonyl (C=O) groups excluding carboxylic acids is 2. The monoisotopic (exact) mass is 355 g/mol. The van der Waals surface area contributed by atoms with Crippen LogP contribution in [0.2, 0.25) is 10.0 Å². The number of amides is 1. The van der Waals surface area contributed by atoms with Crippen molar-refractivity contribution in [1.82, 2.24) is 5.32 Å². The number of halogens is 2. The van der Waals surface area contributed by atoms with E-state index in [9.17, 15) is 9.59 Å². The highest BCUT2D eigenvalue weighted by Gasteiger charge is 2.18. The number of hydrogen-bond acceptors (Lipinski definition) is 4. The molecule has 1 atom stereocenters. The number of esters is 1. The fourth-order valence-electron chi connectivity index (χ4n) is 1.84. The molecule has 1 amide bonds. The van der Waals surface area contributed by atoms with Crippen LogP contribution in [0.5, 0.6) is 0 Å². The van der Waals surface area contributed by atoms with Crippen LogP contribution in [-0.2, 0) is 27.3 Å². The van der Waals surface area contributed by atoms with E-state index < -0.39 is 18.0 Å². The molecule has 2 aromatic rings. The molecule has 1 heterocycles. The Labute approximate surface area is 143 Å². The van der Waals surface area contributed by atoms with E-state index in [-0.39, 0.29) is 13.0 Å². The lowest BCUT2D eigenvalue weighted by Gasteiger charge is -2.13. The van der Waals surface area contributed by atoms with Gasteiger partial charge in [-0.2, -0.15) is 0 Å². The molecular weight excluding hydrogens is 341 g/mol. The first kappa shape index (κ1) is 17.4. The molecule has 2 rings (SSSR count). The van der Waals surface area contributed by atoms with Gasteiger partial charge in [0.25, 0.3) is 5.91 Å². The zero-order valence-electron chi connectivity index (χ0n) is 12.3. The molecule has 7 heteroatoms. The van der Waals surface area contributed by atoms with Crippen LogP contribution in [0.4, 0.5) is 0 Å². The first-order chi connectivity index (χ1) is 11.0. The van der Waals surface area contributed by atoms with Gasteiger partial charge in [-0.25, -0.2) is 0 Å². The summed E-state index contributed by atoms with van der Waals surface area (Å²) in [7, 11) is 0. The lowest BCUT2D eigenvalue weighted by atomic mass is 10.1. The Hall–Kier alpha value is -1.98. The predicted octanol–water partition coefficient (Wildman–Crippen LogP) is 3.38. The molecule has 23 heavy (non-hydrogen) atoms. The summed E-state index contributed by atoms with van der Waals surface area (Å²) in [6, 6.07) is 8.33. The van der Waals surface area contributed by atoms with Crippen molar-refractivity contribution in [2.75, 3.05) is 0 Å². The fourth-order valence-corrected chi connectivity index (χ4v) is 2.16. The molecule has 1 aromatic heterocycles. The molecule has 1 aromatic carbocycles. The molecule has 0 aliphatic rings. The van der Waals surface area contributed by atoms with Crippen LogP contribution < -0.4 is 5.32 Å². The van der Waals surface area contributed by atoms with E-state index in [2.05, 4.69) is 5.32 Å². The van der Waals surface area contributed by atoms with Crippen molar-refractivity contribution in [3.05, 3.63) is 58.0 Å². The highest BCUT2D eigenvalue weighted by Crippen LogP contribution is 2.22. The van der Waals surface area contributed by atoms with Gasteiger partial charge in [0.1, 0.15) is 5.76 Å². The van der Waals surface area contributed by atoms with Gasteiger partial charge in [-0.1, -0.05) is 29.3 Å². The Balaban J connectivity index is 1.81. The highest BCUT2D eigenvalue weighted by atomic mass is 35.5. The lowest BCUT2D eigenvalue weighted by molar-refractivity contribution is -0.154. The van der Waals surface area contributed by atoms with E-state index in [1.807, 2.05) is 0 Å². The average molecular weight is 356 g/mol. The Bertz CT molecular complexity index is 685. The first-order valence-electron chi connectivity index (χ1n) is 6.89. The fraction of sp³-hybridized carbons (Fsp3) is 0.250. The predicted molar refractivity (Wildman–Crippen MR) is 86.3 cm³/mol. The topological polar surface area (TPSA) is 68.5 Å². The lowest BCUT2D eigenvalue weighted by Crippen LogP contribution is -2.35. The van der Waals surface area contributed by atoms with Gasteiger partial charge in [-0.05, 0) is 36.8 Å². The van der Waals surface area contributed by atoms with Crippen molar-refractivity contribution < 1.29 is 18.7 Å². The SMILES string of the molecule is C[C@H](OC(=O)Cc1ccc(Cl)c(Cl)c1)C(=O)NCc1ccco1. The van der Waals surface area contributed by atoms with Crippen LogP contribution in [0.25, 0.3) is 0 Å². The summed E-state index contributed by atoms with van der Waals surface area (Å²) in [4.78, 5) is 23.7. The third-order valence-electron chi connectivity index (χ3n) is 3.03. The largest absolute Gasteiger partial charge is 0.467 e. The number of furan rings is 1. The summed E-state index contributed by atoms with van der Waals surface area (Å²) in [5.74, 6) is -0.305. The van der Waals surface area contributed by atoms with Crippen molar-refractivity contribution >= 4 is 35.1 Å². The van der Waals surface area contributed by atoms with E-state index in [0.29, 0.717) is 21.4 Å². The smallest absolute Gasteiger partial charge is 0.311 e. The van der Waals surface area contributed by atoms with Crippen molar-refractivity contribution in [3.8, 4) is 0 Å². The summed E-state index contributed by atoms with van der Waals surface area (Å²) in [6.45, 7) is 1.74. The molecule has 122 valence electrons. The maximum absolute atomic E-state index is 11.9. The van der Waals surface area contributed by atoms with E-state index in [1.165, 1.54) is 13.2 Å². The summed E-state index contributed by atoms with van der Waals surface area (Å²) >= 11 is 11.7. The Morgan fingerprint density at radius 3 is 2.70 bits per heavy atom. The van der Waals surface area contributed by atoms with E-state index in [4.69, 9.17) is 32.4 Å². The first-order valence-corrected chi connectivity index (χ1v) is 7.65. The molecule has 0 bridgehead atoms. The third-order valence-corrected chi connectivity index (χ3v) is 3.77. The molecule has 0 spiro atoms. The standard InChI is InChI=1S/C16H15Cl2NO4/c1-10(16(21)19-9-12-3-2-6-22-12)23-15(20)8-11-4-5-13(17)14(18)7-11/h2-7,10H,8-9H2,1H3,(H,19,21)/t10-/m0/s1. The van der Waals surface area contributed by atoms with Gasteiger partial charge >= 0.3 is 5.97 Å². The van der Waals surface area contributed by atoms with Crippen LogP contribution in [-0.4, -0.2) is 18.0 Å². The minimum atomic E-state index is -0.903. The van der Waals surface area contributed by atoms with Crippen LogP contribution in [0, 0.1) is 0 Å². The van der Waals surface area contributed by atoms with E-state index in [0.717, 1.165) is 0 Å². The van der Waals surface area contributed by atoms with E-state index >= 15 is 0 Å². The number of rotatable bonds is 6. The molecule has 0 fully saturated rings. The summed E-state index contributed by atoms with van der Waals surface area (Å²) < 4.78 is 10.2. The highest BCUT2D eigenvalue weighted by molar-refractivity contribution is 6.42. The Morgan fingerprint density at radius 1 is 1.26 bits per heavy atom. The van der Waals surface area contributed by atoms with Crippen molar-refractivity contribution in [3.63, 3.8) is 0 Å². The number of nitrogens with one attached hydrogen (secondary N) is 1. The second-order valence-corrected chi connectivity index (χ2v) is 5.67. The molecule has 0 radical (unpaired) electrons. The molecule has 1 N–H and O–H groups in total. The molecule has 0 saturated carbocycles. The normalized spacial score (nSPS) is 11.8. The summed E-state index contributed by atoms with van der Waals surface area (Å²) in [5.41, 5.74) is 0.660. The zero-order chi connectivity index (χ0) is 16.8. The second kappa shape index (κ2) is 8.04. The molecule has 0 saturated heterocycles. The number of hydrogen-bond donors (Lipinski definition) is 1. The maximum atomic E-state index is 11.9. The van der Waals surface area contributed by atoms with Gasteiger partial charge in [0.2, 0.25) is 0 Å². The maximum Gasteiger partial charge on any atom is 0.311 e. The van der Waals surface area contributed by atoms with E-state index in [1.54, 1.807) is 30.3 Å². The van der Waals surface area contributed by atoms with Crippen LogP contribution in [0.1, 0.15) is 18.2 Å². The van der Waals surface area contributed by atoms with Gasteiger partial charge in [0.05, 0.1) is 29.3 Å². The molecule has 0 aliphatic heterocycles. The molecular formula is C16H15Cl2NO4.